The maximum atomic E-state index is 13.0. The molecule has 2 aromatic carbocycles. The van der Waals surface area contributed by atoms with Crippen molar-refractivity contribution in [3.8, 4) is 11.5 Å². The summed E-state index contributed by atoms with van der Waals surface area (Å²) in [5.74, 6) is 0.962. The third-order valence-corrected chi connectivity index (χ3v) is 4.20. The van der Waals surface area contributed by atoms with Crippen molar-refractivity contribution < 1.29 is 24.0 Å². The van der Waals surface area contributed by atoms with E-state index in [1.165, 1.54) is 12.1 Å². The summed E-state index contributed by atoms with van der Waals surface area (Å²) in [7, 11) is 0. The molecule has 6 heteroatoms. The van der Waals surface area contributed by atoms with E-state index in [9.17, 15) is 9.18 Å². The molecule has 0 spiro atoms. The molecule has 3 N–H and O–H groups in total. The second kappa shape index (κ2) is 9.92. The Balaban J connectivity index is 2.02. The van der Waals surface area contributed by atoms with Crippen LogP contribution >= 0.6 is 0 Å². The van der Waals surface area contributed by atoms with Crippen LogP contribution in [-0.4, -0.2) is 25.2 Å². The second-order valence-electron chi connectivity index (χ2n) is 6.34. The minimum absolute atomic E-state index is 0.0499. The molecule has 146 valence electrons. The minimum Gasteiger partial charge on any atom is -0.490 e. The van der Waals surface area contributed by atoms with Gasteiger partial charge in [0, 0.05) is 11.3 Å². The van der Waals surface area contributed by atoms with Gasteiger partial charge in [0.25, 0.3) is 5.91 Å². The van der Waals surface area contributed by atoms with Crippen molar-refractivity contribution in [3.63, 3.8) is 0 Å². The lowest BCUT2D eigenvalue weighted by molar-refractivity contribution is -0.709. The second-order valence-corrected chi connectivity index (χ2v) is 6.34. The van der Waals surface area contributed by atoms with E-state index in [0.717, 1.165) is 11.3 Å². The topological polar surface area (TPSA) is 64.2 Å². The van der Waals surface area contributed by atoms with Gasteiger partial charge < -0.3 is 20.1 Å². The maximum Gasteiger partial charge on any atom is 0.282 e. The number of nitrogens with two attached hydrogens (primary N) is 1. The van der Waals surface area contributed by atoms with Gasteiger partial charge in [0.05, 0.1) is 13.2 Å². The molecule has 0 aliphatic heterocycles. The molecular weight excluding hydrogens is 347 g/mol. The highest BCUT2D eigenvalue weighted by Gasteiger charge is 2.21. The molecule has 1 amide bonds. The average molecular weight is 375 g/mol. The first kappa shape index (κ1) is 20.7. The molecule has 5 nitrogen and oxygen atoms in total. The molecule has 2 aromatic rings. The van der Waals surface area contributed by atoms with Gasteiger partial charge >= 0.3 is 0 Å². The van der Waals surface area contributed by atoms with Crippen LogP contribution in [0.2, 0.25) is 0 Å². The molecule has 0 heterocycles. The van der Waals surface area contributed by atoms with Gasteiger partial charge in [0.2, 0.25) is 0 Å². The highest BCUT2D eigenvalue weighted by molar-refractivity contribution is 5.93. The maximum absolute atomic E-state index is 13.0. The van der Waals surface area contributed by atoms with Crippen molar-refractivity contribution in [2.24, 2.45) is 0 Å². The number of hydrogen-bond acceptors (Lipinski definition) is 3. The smallest absolute Gasteiger partial charge is 0.282 e. The number of hydrogen-bond donors (Lipinski definition) is 2. The largest absolute Gasteiger partial charge is 0.490 e. The number of ether oxygens (including phenoxy) is 2. The van der Waals surface area contributed by atoms with Crippen molar-refractivity contribution in [2.45, 2.75) is 39.8 Å². The Labute approximate surface area is 159 Å². The first-order valence-corrected chi connectivity index (χ1v) is 9.25. The molecule has 2 rings (SSSR count). The van der Waals surface area contributed by atoms with Gasteiger partial charge in [0.1, 0.15) is 11.9 Å². The molecule has 2 atom stereocenters. The van der Waals surface area contributed by atoms with E-state index in [-0.39, 0.29) is 23.8 Å². The lowest BCUT2D eigenvalue weighted by Gasteiger charge is -2.18. The number of carbonyl (C=O) groups excluding carboxylic acids is 1. The summed E-state index contributed by atoms with van der Waals surface area (Å²) >= 11 is 0. The Morgan fingerprint density at radius 2 is 1.67 bits per heavy atom. The molecule has 0 aromatic heterocycles. The number of halogens is 1. The first-order valence-electron chi connectivity index (χ1n) is 9.25. The van der Waals surface area contributed by atoms with Gasteiger partial charge in [-0.15, -0.1) is 0 Å². The highest BCUT2D eigenvalue weighted by atomic mass is 19.1. The zero-order valence-electron chi connectivity index (χ0n) is 16.3. The summed E-state index contributed by atoms with van der Waals surface area (Å²) < 4.78 is 24.2. The van der Waals surface area contributed by atoms with Gasteiger partial charge in [-0.05, 0) is 70.2 Å². The van der Waals surface area contributed by atoms with Crippen LogP contribution in [-0.2, 0) is 4.79 Å². The van der Waals surface area contributed by atoms with Crippen molar-refractivity contribution in [3.05, 3.63) is 53.8 Å². The number of amides is 1. The van der Waals surface area contributed by atoms with Crippen LogP contribution in [0.3, 0.4) is 0 Å². The van der Waals surface area contributed by atoms with Crippen LogP contribution in [0, 0.1) is 5.82 Å². The van der Waals surface area contributed by atoms with E-state index in [1.54, 1.807) is 12.1 Å². The third-order valence-electron chi connectivity index (χ3n) is 4.20. The summed E-state index contributed by atoms with van der Waals surface area (Å²) in [6.07, 6.45) is 0. The minimum atomic E-state index is -0.332. The van der Waals surface area contributed by atoms with Gasteiger partial charge in [-0.2, -0.15) is 0 Å². The summed E-state index contributed by atoms with van der Waals surface area (Å²) in [4.78, 5) is 12.4. The van der Waals surface area contributed by atoms with Crippen LogP contribution in [0.25, 0.3) is 0 Å². The van der Waals surface area contributed by atoms with E-state index in [1.807, 2.05) is 51.2 Å². The zero-order valence-corrected chi connectivity index (χ0v) is 16.3. The molecule has 0 saturated carbocycles. The van der Waals surface area contributed by atoms with E-state index in [4.69, 9.17) is 9.47 Å². The van der Waals surface area contributed by atoms with Crippen molar-refractivity contribution >= 4 is 11.6 Å². The lowest BCUT2D eigenvalue weighted by atomic mass is 10.1. The van der Waals surface area contributed by atoms with Crippen LogP contribution in [0.15, 0.2) is 42.5 Å². The van der Waals surface area contributed by atoms with E-state index in [0.29, 0.717) is 24.7 Å². The fourth-order valence-electron chi connectivity index (χ4n) is 2.77. The summed E-state index contributed by atoms with van der Waals surface area (Å²) in [5.41, 5.74) is 1.62. The summed E-state index contributed by atoms with van der Waals surface area (Å²) in [5, 5.41) is 4.78. The Hall–Kier alpha value is -2.60. The normalized spacial score (nSPS) is 12.9. The summed E-state index contributed by atoms with van der Waals surface area (Å²) in [6.45, 7) is 8.86. The molecule has 0 fully saturated rings. The Bertz CT molecular complexity index is 750. The Morgan fingerprint density at radius 1 is 1.04 bits per heavy atom. The van der Waals surface area contributed by atoms with Crippen LogP contribution in [0.5, 0.6) is 11.5 Å². The number of quaternary nitrogens is 1. The lowest BCUT2D eigenvalue weighted by Crippen LogP contribution is -2.91. The molecule has 0 bridgehead atoms. The fourth-order valence-corrected chi connectivity index (χ4v) is 2.77. The predicted octanol–water partition coefficient (Wildman–Crippen LogP) is 3.27. The monoisotopic (exact) mass is 375 g/mol. The van der Waals surface area contributed by atoms with Gasteiger partial charge in [-0.1, -0.05) is 0 Å². The predicted molar refractivity (Wildman–Crippen MR) is 104 cm³/mol. The Morgan fingerprint density at radius 3 is 2.30 bits per heavy atom. The molecule has 0 saturated heterocycles. The van der Waals surface area contributed by atoms with Crippen LogP contribution in [0.1, 0.15) is 39.3 Å². The number of rotatable bonds is 9. The number of anilines is 1. The number of carbonyl (C=O) groups is 1. The average Bonchev–Trinajstić information content (AvgIpc) is 2.65. The standard InChI is InChI=1S/C21H27FN2O3/c1-5-26-19-12-7-16(13-20(19)27-6-2)14(3)23-15(4)21(25)24-18-10-8-17(22)9-11-18/h7-15,23H,5-6H2,1-4H3,(H,24,25)/p+1/t14-,15+/m0/s1. The van der Waals surface area contributed by atoms with Crippen LogP contribution in [0.4, 0.5) is 10.1 Å². The van der Waals surface area contributed by atoms with Gasteiger partial charge in [0.15, 0.2) is 17.5 Å². The van der Waals surface area contributed by atoms with Crippen molar-refractivity contribution in [1.29, 1.82) is 0 Å². The molecule has 27 heavy (non-hydrogen) atoms. The van der Waals surface area contributed by atoms with Crippen molar-refractivity contribution in [2.75, 3.05) is 18.5 Å². The highest BCUT2D eigenvalue weighted by Crippen LogP contribution is 2.30. The number of nitrogens with one attached hydrogen (secondary N) is 1. The number of benzene rings is 2. The quantitative estimate of drug-likeness (QED) is 0.707. The van der Waals surface area contributed by atoms with E-state index in [2.05, 4.69) is 5.32 Å². The molecule has 0 aliphatic carbocycles. The van der Waals surface area contributed by atoms with E-state index < -0.39 is 0 Å². The van der Waals surface area contributed by atoms with E-state index >= 15 is 0 Å². The molecule has 0 aliphatic rings. The SMILES string of the molecule is CCOc1ccc([C@H](C)[NH2+][C@H](C)C(=O)Nc2ccc(F)cc2)cc1OCC. The zero-order chi connectivity index (χ0) is 19.8. The van der Waals surface area contributed by atoms with Gasteiger partial charge in [-0.3, -0.25) is 4.79 Å². The van der Waals surface area contributed by atoms with Gasteiger partial charge in [-0.25, -0.2) is 4.39 Å². The third kappa shape index (κ3) is 5.96. The first-order chi connectivity index (χ1) is 12.9. The Kier molecular flexibility index (Phi) is 7.61. The molecule has 0 radical (unpaired) electrons. The van der Waals surface area contributed by atoms with Crippen LogP contribution < -0.4 is 20.1 Å². The van der Waals surface area contributed by atoms with Crippen molar-refractivity contribution in [1.82, 2.24) is 0 Å². The summed E-state index contributed by atoms with van der Waals surface area (Å²) in [6, 6.07) is 11.3. The molecule has 0 unspecified atom stereocenters. The fraction of sp³-hybridized carbons (Fsp3) is 0.381. The molecular formula is C21H28FN2O3+.